The molecule has 3 amide bonds. The number of fused-ring (bicyclic) bond motifs is 1. The van der Waals surface area contributed by atoms with E-state index in [1.54, 1.807) is 23.1 Å². The molecule has 0 saturated heterocycles. The molecule has 0 bridgehead atoms. The summed E-state index contributed by atoms with van der Waals surface area (Å²) in [7, 11) is 0. The third-order valence-corrected chi connectivity index (χ3v) is 6.37. The molecule has 2 aromatic rings. The zero-order valence-corrected chi connectivity index (χ0v) is 17.9. The number of anilines is 1. The third-order valence-electron chi connectivity index (χ3n) is 6.37. The average molecular weight is 434 g/mol. The van der Waals surface area contributed by atoms with Crippen molar-refractivity contribution in [2.45, 2.75) is 56.7 Å². The first kappa shape index (κ1) is 20.5. The van der Waals surface area contributed by atoms with Gasteiger partial charge >= 0.3 is 0 Å². The van der Waals surface area contributed by atoms with Gasteiger partial charge in [0, 0.05) is 11.6 Å². The van der Waals surface area contributed by atoms with Crippen molar-refractivity contribution in [3.05, 3.63) is 59.7 Å². The van der Waals surface area contributed by atoms with Gasteiger partial charge in [-0.3, -0.25) is 14.4 Å². The number of nitrogens with one attached hydrogen (secondary N) is 2. The van der Waals surface area contributed by atoms with E-state index < -0.39 is 6.04 Å². The van der Waals surface area contributed by atoms with Crippen molar-refractivity contribution in [1.29, 1.82) is 0 Å². The minimum atomic E-state index is -0.683. The maximum Gasteiger partial charge on any atom is 0.255 e. The number of carbonyl (C=O) groups is 3. The Morgan fingerprint density at radius 3 is 2.47 bits per heavy atom. The summed E-state index contributed by atoms with van der Waals surface area (Å²) in [5.74, 6) is -0.128. The first-order valence-electron chi connectivity index (χ1n) is 11.4. The van der Waals surface area contributed by atoms with Crippen LogP contribution in [0, 0.1) is 0 Å². The van der Waals surface area contributed by atoms with Crippen LogP contribution in [0.15, 0.2) is 48.5 Å². The van der Waals surface area contributed by atoms with E-state index in [4.69, 9.17) is 4.74 Å². The van der Waals surface area contributed by atoms with Crippen LogP contribution >= 0.6 is 0 Å². The first-order chi connectivity index (χ1) is 15.6. The molecule has 1 aliphatic heterocycles. The molecule has 7 heteroatoms. The fraction of sp³-hybridized carbons (Fsp3) is 0.400. The Morgan fingerprint density at radius 1 is 0.969 bits per heavy atom. The molecule has 3 aliphatic rings. The zero-order valence-electron chi connectivity index (χ0n) is 17.9. The van der Waals surface area contributed by atoms with Crippen LogP contribution in [0.2, 0.25) is 0 Å². The van der Waals surface area contributed by atoms with E-state index in [0.29, 0.717) is 22.6 Å². The maximum absolute atomic E-state index is 13.0. The number of rotatable bonds is 7. The van der Waals surface area contributed by atoms with Gasteiger partial charge in [-0.15, -0.1) is 0 Å². The number of amides is 3. The first-order valence-corrected chi connectivity index (χ1v) is 11.4. The minimum absolute atomic E-state index is 0.0964. The molecular weight excluding hydrogens is 406 g/mol. The Bertz CT molecular complexity index is 1040. The standard InChI is InChI=1S/C25H27N3O4/c29-22(27-20-11-5-6-12-21(20)32-17-7-1-2-8-17)15-26-24(30)23-18-9-3-4-10-19(18)25(31)28(23)16-13-14-16/h3-6,9-12,16-17,23H,1-2,7-8,13-15H2,(H,26,30)(H,27,29). The van der Waals surface area contributed by atoms with E-state index in [-0.39, 0.29) is 36.4 Å². The van der Waals surface area contributed by atoms with E-state index in [9.17, 15) is 14.4 Å². The Hall–Kier alpha value is -3.35. The molecule has 0 spiro atoms. The Morgan fingerprint density at radius 2 is 1.69 bits per heavy atom. The van der Waals surface area contributed by atoms with Gasteiger partial charge in [0.15, 0.2) is 0 Å². The summed E-state index contributed by atoms with van der Waals surface area (Å²) in [6.45, 7) is -0.179. The third kappa shape index (κ3) is 4.07. The smallest absolute Gasteiger partial charge is 0.255 e. The number of carbonyl (C=O) groups excluding carboxylic acids is 3. The molecule has 2 fully saturated rings. The van der Waals surface area contributed by atoms with Crippen molar-refractivity contribution in [2.75, 3.05) is 11.9 Å². The van der Waals surface area contributed by atoms with Crippen molar-refractivity contribution in [2.24, 2.45) is 0 Å². The van der Waals surface area contributed by atoms with Crippen LogP contribution in [0.5, 0.6) is 5.75 Å². The van der Waals surface area contributed by atoms with Crippen LogP contribution in [0.3, 0.4) is 0 Å². The summed E-state index contributed by atoms with van der Waals surface area (Å²) in [5.41, 5.74) is 1.87. The summed E-state index contributed by atoms with van der Waals surface area (Å²) in [6, 6.07) is 14.0. The van der Waals surface area contributed by atoms with E-state index in [2.05, 4.69) is 10.6 Å². The minimum Gasteiger partial charge on any atom is -0.488 e. The summed E-state index contributed by atoms with van der Waals surface area (Å²) in [6.07, 6.45) is 6.37. The molecule has 2 saturated carbocycles. The molecule has 0 aromatic heterocycles. The lowest BCUT2D eigenvalue weighted by Crippen LogP contribution is -2.42. The number of ether oxygens (including phenoxy) is 1. The van der Waals surface area contributed by atoms with Gasteiger partial charge < -0.3 is 20.3 Å². The van der Waals surface area contributed by atoms with E-state index >= 15 is 0 Å². The quantitative estimate of drug-likeness (QED) is 0.700. The predicted molar refractivity (Wildman–Crippen MR) is 119 cm³/mol. The summed E-state index contributed by atoms with van der Waals surface area (Å²) < 4.78 is 6.07. The predicted octanol–water partition coefficient (Wildman–Crippen LogP) is 3.42. The van der Waals surface area contributed by atoms with Crippen LogP contribution in [0.25, 0.3) is 0 Å². The summed E-state index contributed by atoms with van der Waals surface area (Å²) in [5, 5.41) is 5.57. The van der Waals surface area contributed by atoms with E-state index in [1.165, 1.54) is 0 Å². The molecule has 1 heterocycles. The highest BCUT2D eigenvalue weighted by Gasteiger charge is 2.47. The van der Waals surface area contributed by atoms with Gasteiger partial charge in [-0.05, 0) is 62.3 Å². The van der Waals surface area contributed by atoms with Crippen LogP contribution in [-0.2, 0) is 9.59 Å². The van der Waals surface area contributed by atoms with Crippen LogP contribution < -0.4 is 15.4 Å². The highest BCUT2D eigenvalue weighted by molar-refractivity contribution is 6.05. The SMILES string of the molecule is O=C(CNC(=O)C1c2ccccc2C(=O)N1C1CC1)Nc1ccccc1OC1CCCC1. The lowest BCUT2D eigenvalue weighted by molar-refractivity contribution is -0.127. The molecule has 2 aromatic carbocycles. The molecular formula is C25H27N3O4. The lowest BCUT2D eigenvalue weighted by Gasteiger charge is -2.24. The molecule has 2 aliphatic carbocycles. The molecule has 5 rings (SSSR count). The highest BCUT2D eigenvalue weighted by Crippen LogP contribution is 2.41. The topological polar surface area (TPSA) is 87.7 Å². The molecule has 32 heavy (non-hydrogen) atoms. The number of nitrogens with zero attached hydrogens (tertiary/aromatic N) is 1. The van der Waals surface area contributed by atoms with Crippen LogP contribution in [0.1, 0.15) is 60.5 Å². The van der Waals surface area contributed by atoms with Gasteiger partial charge in [-0.25, -0.2) is 0 Å². The second kappa shape index (κ2) is 8.65. The second-order valence-electron chi connectivity index (χ2n) is 8.72. The Balaban J connectivity index is 1.23. The fourth-order valence-corrected chi connectivity index (χ4v) is 4.65. The van der Waals surface area contributed by atoms with Gasteiger partial charge in [0.05, 0.1) is 18.3 Å². The fourth-order valence-electron chi connectivity index (χ4n) is 4.65. The Labute approximate surface area is 187 Å². The number of hydrogen-bond donors (Lipinski definition) is 2. The zero-order chi connectivity index (χ0) is 22.1. The largest absolute Gasteiger partial charge is 0.488 e. The van der Waals surface area contributed by atoms with E-state index in [1.807, 2.05) is 30.3 Å². The van der Waals surface area contributed by atoms with E-state index in [0.717, 1.165) is 38.5 Å². The van der Waals surface area contributed by atoms with Crippen molar-refractivity contribution in [3.63, 3.8) is 0 Å². The van der Waals surface area contributed by atoms with Crippen LogP contribution in [0.4, 0.5) is 5.69 Å². The molecule has 0 radical (unpaired) electrons. The monoisotopic (exact) mass is 433 g/mol. The number of benzene rings is 2. The van der Waals surface area contributed by atoms with Crippen molar-refractivity contribution < 1.29 is 19.1 Å². The molecule has 7 nitrogen and oxygen atoms in total. The van der Waals surface area contributed by atoms with Gasteiger partial charge in [-0.1, -0.05) is 30.3 Å². The normalized spacial score (nSPS) is 20.2. The van der Waals surface area contributed by atoms with Crippen molar-refractivity contribution in [1.82, 2.24) is 10.2 Å². The maximum atomic E-state index is 13.0. The average Bonchev–Trinajstić information content (AvgIpc) is 3.42. The van der Waals surface area contributed by atoms with Crippen molar-refractivity contribution >= 4 is 23.4 Å². The molecule has 1 unspecified atom stereocenters. The van der Waals surface area contributed by atoms with Gasteiger partial charge in [0.2, 0.25) is 11.8 Å². The molecule has 166 valence electrons. The summed E-state index contributed by atoms with van der Waals surface area (Å²) in [4.78, 5) is 40.1. The number of hydrogen-bond acceptors (Lipinski definition) is 4. The lowest BCUT2D eigenvalue weighted by atomic mass is 10.0. The highest BCUT2D eigenvalue weighted by atomic mass is 16.5. The van der Waals surface area contributed by atoms with Gasteiger partial charge in [0.1, 0.15) is 11.8 Å². The number of para-hydroxylation sites is 2. The second-order valence-corrected chi connectivity index (χ2v) is 8.72. The van der Waals surface area contributed by atoms with Crippen LogP contribution in [-0.4, -0.2) is 41.3 Å². The van der Waals surface area contributed by atoms with Crippen molar-refractivity contribution in [3.8, 4) is 5.75 Å². The molecule has 1 atom stereocenters. The van der Waals surface area contributed by atoms with Gasteiger partial charge in [-0.2, -0.15) is 0 Å². The summed E-state index contributed by atoms with van der Waals surface area (Å²) >= 11 is 0. The Kier molecular flexibility index (Phi) is 5.55. The molecule has 2 N–H and O–H groups in total. The van der Waals surface area contributed by atoms with Gasteiger partial charge in [0.25, 0.3) is 5.91 Å².